The number of esters is 1. The van der Waals surface area contributed by atoms with Crippen molar-refractivity contribution in [2.75, 3.05) is 18.5 Å². The largest absolute Gasteiger partial charge is 0.492 e. The molecule has 0 spiro atoms. The average molecular weight is 395 g/mol. The van der Waals surface area contributed by atoms with Crippen LogP contribution in [0.5, 0.6) is 5.75 Å². The molecule has 2 aromatic rings. The van der Waals surface area contributed by atoms with Crippen molar-refractivity contribution in [3.05, 3.63) is 51.6 Å². The number of nitrogens with one attached hydrogen (secondary N) is 1. The fourth-order valence-corrected chi connectivity index (χ4v) is 2.95. The molecule has 1 aliphatic rings. The van der Waals surface area contributed by atoms with E-state index in [1.165, 1.54) is 6.07 Å². The summed E-state index contributed by atoms with van der Waals surface area (Å²) in [4.78, 5) is 28.3. The van der Waals surface area contributed by atoms with E-state index in [2.05, 4.69) is 10.3 Å². The average Bonchev–Trinajstić information content (AvgIpc) is 2.63. The second kappa shape index (κ2) is 7.93. The van der Waals surface area contributed by atoms with Gasteiger partial charge in [0.25, 0.3) is 5.91 Å². The van der Waals surface area contributed by atoms with Gasteiger partial charge in [-0.05, 0) is 31.0 Å². The van der Waals surface area contributed by atoms with Crippen LogP contribution in [-0.4, -0.2) is 30.1 Å². The summed E-state index contributed by atoms with van der Waals surface area (Å²) in [5.41, 5.74) is 1.47. The molecule has 26 heavy (non-hydrogen) atoms. The topological polar surface area (TPSA) is 77.5 Å². The lowest BCUT2D eigenvalue weighted by molar-refractivity contribution is -0.152. The summed E-state index contributed by atoms with van der Waals surface area (Å²) in [5, 5.41) is 3.11. The molecule has 6 nitrogen and oxygen atoms in total. The van der Waals surface area contributed by atoms with E-state index >= 15 is 0 Å². The molecule has 2 heterocycles. The lowest BCUT2D eigenvalue weighted by atomic mass is 9.97. The van der Waals surface area contributed by atoms with Gasteiger partial charge in [0.2, 0.25) is 0 Å². The van der Waals surface area contributed by atoms with Crippen LogP contribution in [0.15, 0.2) is 30.3 Å². The third kappa shape index (κ3) is 4.26. The molecule has 136 valence electrons. The molecule has 8 heteroatoms. The predicted octanol–water partition coefficient (Wildman–Crippen LogP) is 3.43. The van der Waals surface area contributed by atoms with Gasteiger partial charge >= 0.3 is 5.97 Å². The fourth-order valence-electron chi connectivity index (χ4n) is 2.55. The predicted molar refractivity (Wildman–Crippen MR) is 97.7 cm³/mol. The second-order valence-corrected chi connectivity index (χ2v) is 6.68. The van der Waals surface area contributed by atoms with Crippen LogP contribution in [0.2, 0.25) is 10.0 Å². The summed E-state index contributed by atoms with van der Waals surface area (Å²) >= 11 is 11.9. The number of rotatable bonds is 4. The number of amides is 1. The number of anilines is 1. The van der Waals surface area contributed by atoms with Crippen LogP contribution in [-0.2, 0) is 20.7 Å². The molecular formula is C18H16Cl2N2O4. The van der Waals surface area contributed by atoms with Crippen LogP contribution in [0, 0.1) is 12.8 Å². The highest BCUT2D eigenvalue weighted by atomic mass is 35.5. The molecule has 3 rings (SSSR count). The first kappa shape index (κ1) is 18.5. The van der Waals surface area contributed by atoms with Gasteiger partial charge in [-0.2, -0.15) is 0 Å². The van der Waals surface area contributed by atoms with Gasteiger partial charge < -0.3 is 14.8 Å². The summed E-state index contributed by atoms with van der Waals surface area (Å²) in [7, 11) is 0. The Morgan fingerprint density at radius 1 is 1.31 bits per heavy atom. The molecular weight excluding hydrogens is 379 g/mol. The molecule has 1 atom stereocenters. The third-order valence-electron chi connectivity index (χ3n) is 3.92. The minimum atomic E-state index is -0.536. The van der Waals surface area contributed by atoms with Crippen molar-refractivity contribution >= 4 is 40.9 Å². The van der Waals surface area contributed by atoms with Crippen molar-refractivity contribution in [1.82, 2.24) is 4.98 Å². The molecule has 0 saturated heterocycles. The molecule has 0 radical (unpaired) electrons. The van der Waals surface area contributed by atoms with Gasteiger partial charge in [0.15, 0.2) is 12.4 Å². The van der Waals surface area contributed by atoms with Gasteiger partial charge in [-0.25, -0.2) is 4.98 Å². The van der Waals surface area contributed by atoms with E-state index < -0.39 is 24.4 Å². The Bertz CT molecular complexity index is 857. The number of halogens is 2. The lowest BCUT2D eigenvalue weighted by Gasteiger charge is -2.23. The highest BCUT2D eigenvalue weighted by Gasteiger charge is 2.27. The molecule has 0 aliphatic carbocycles. The van der Waals surface area contributed by atoms with E-state index in [0.717, 1.165) is 11.3 Å². The van der Waals surface area contributed by atoms with Crippen LogP contribution in [0.1, 0.15) is 11.3 Å². The molecule has 0 saturated carbocycles. The lowest BCUT2D eigenvalue weighted by Crippen LogP contribution is -2.32. The summed E-state index contributed by atoms with van der Waals surface area (Å²) in [6.07, 6.45) is 0.514. The molecule has 0 unspecified atom stereocenters. The summed E-state index contributed by atoms with van der Waals surface area (Å²) in [5.74, 6) is -0.526. The molecule has 1 aromatic carbocycles. The number of hydrogen-bond donors (Lipinski definition) is 1. The molecule has 0 fully saturated rings. The van der Waals surface area contributed by atoms with Gasteiger partial charge in [0, 0.05) is 0 Å². The number of benzene rings is 1. The smallest absolute Gasteiger partial charge is 0.313 e. The minimum Gasteiger partial charge on any atom is -0.492 e. The second-order valence-electron chi connectivity index (χ2n) is 5.86. The van der Waals surface area contributed by atoms with E-state index in [1.807, 2.05) is 24.3 Å². The Labute approximate surface area is 160 Å². The summed E-state index contributed by atoms with van der Waals surface area (Å²) < 4.78 is 10.7. The molecule has 1 amide bonds. The zero-order valence-electron chi connectivity index (χ0n) is 13.9. The number of nitrogens with zero attached hydrogens (tertiary/aromatic N) is 1. The SMILES string of the molecule is Cc1nc(NC(=O)COC(=O)[C@H]2COc3ccccc3C2)c(Cl)cc1Cl. The summed E-state index contributed by atoms with van der Waals surface area (Å²) in [6.45, 7) is 1.48. The zero-order chi connectivity index (χ0) is 18.7. The first-order chi connectivity index (χ1) is 12.4. The van der Waals surface area contributed by atoms with E-state index in [9.17, 15) is 9.59 Å². The van der Waals surface area contributed by atoms with E-state index in [1.54, 1.807) is 6.92 Å². The van der Waals surface area contributed by atoms with Crippen LogP contribution >= 0.6 is 23.2 Å². The number of fused-ring (bicyclic) bond motifs is 1. The number of pyridine rings is 1. The highest BCUT2D eigenvalue weighted by Crippen LogP contribution is 2.27. The Morgan fingerprint density at radius 3 is 2.88 bits per heavy atom. The van der Waals surface area contributed by atoms with Gasteiger partial charge in [0.1, 0.15) is 12.4 Å². The molecule has 1 aliphatic heterocycles. The Balaban J connectivity index is 1.53. The first-order valence-electron chi connectivity index (χ1n) is 7.94. The van der Waals surface area contributed by atoms with Crippen LogP contribution in [0.4, 0.5) is 5.82 Å². The van der Waals surface area contributed by atoms with Gasteiger partial charge in [-0.15, -0.1) is 0 Å². The van der Waals surface area contributed by atoms with Crippen LogP contribution in [0.25, 0.3) is 0 Å². The third-order valence-corrected chi connectivity index (χ3v) is 4.59. The van der Waals surface area contributed by atoms with E-state index in [-0.39, 0.29) is 17.4 Å². The number of aryl methyl sites for hydroxylation is 1. The Kier molecular flexibility index (Phi) is 5.64. The van der Waals surface area contributed by atoms with Gasteiger partial charge in [-0.1, -0.05) is 41.4 Å². The van der Waals surface area contributed by atoms with Crippen molar-refractivity contribution < 1.29 is 19.1 Å². The highest BCUT2D eigenvalue weighted by molar-refractivity contribution is 6.36. The zero-order valence-corrected chi connectivity index (χ0v) is 15.4. The molecule has 1 N–H and O–H groups in total. The van der Waals surface area contributed by atoms with Gasteiger partial charge in [-0.3, -0.25) is 9.59 Å². The Hall–Kier alpha value is -2.31. The van der Waals surface area contributed by atoms with Crippen molar-refractivity contribution in [1.29, 1.82) is 0 Å². The number of hydrogen-bond acceptors (Lipinski definition) is 5. The molecule has 1 aromatic heterocycles. The molecule has 0 bridgehead atoms. The maximum Gasteiger partial charge on any atom is 0.313 e. The normalized spacial score (nSPS) is 15.6. The minimum absolute atomic E-state index is 0.171. The maximum absolute atomic E-state index is 12.2. The van der Waals surface area contributed by atoms with Crippen molar-refractivity contribution in [2.24, 2.45) is 5.92 Å². The Morgan fingerprint density at radius 2 is 2.08 bits per heavy atom. The quantitative estimate of drug-likeness (QED) is 0.803. The number of para-hydroxylation sites is 1. The number of ether oxygens (including phenoxy) is 2. The van der Waals surface area contributed by atoms with Crippen molar-refractivity contribution in [3.8, 4) is 5.75 Å². The monoisotopic (exact) mass is 394 g/mol. The van der Waals surface area contributed by atoms with E-state index in [4.69, 9.17) is 32.7 Å². The maximum atomic E-state index is 12.2. The van der Waals surface area contributed by atoms with E-state index in [0.29, 0.717) is 17.1 Å². The standard InChI is InChI=1S/C18H16Cl2N2O4/c1-10-13(19)7-14(20)17(21-10)22-16(23)9-26-18(24)12-6-11-4-2-3-5-15(11)25-8-12/h2-5,7,12H,6,8-9H2,1H3,(H,21,22,23)/t12-/m1/s1. The number of carbonyl (C=O) groups is 2. The van der Waals surface area contributed by atoms with Crippen LogP contribution < -0.4 is 10.1 Å². The van der Waals surface area contributed by atoms with Crippen LogP contribution in [0.3, 0.4) is 0 Å². The number of aromatic nitrogens is 1. The van der Waals surface area contributed by atoms with Crippen molar-refractivity contribution in [3.63, 3.8) is 0 Å². The first-order valence-corrected chi connectivity index (χ1v) is 8.69. The fraction of sp³-hybridized carbons (Fsp3) is 0.278. The van der Waals surface area contributed by atoms with Gasteiger partial charge in [0.05, 0.1) is 21.7 Å². The van der Waals surface area contributed by atoms with Crippen molar-refractivity contribution in [2.45, 2.75) is 13.3 Å². The summed E-state index contributed by atoms with van der Waals surface area (Å²) in [6, 6.07) is 9.00. The number of carbonyl (C=O) groups excluding carboxylic acids is 2.